The number of benzene rings is 1. The first-order chi connectivity index (χ1) is 10.8. The molecule has 0 N–H and O–H groups in total. The molecule has 0 aliphatic heterocycles. The maximum absolute atomic E-state index is 12.9. The molecule has 1 atom stereocenters. The average molecular weight is 340 g/mol. The van der Waals surface area contributed by atoms with Gasteiger partial charge in [0, 0.05) is 18.8 Å². The molecule has 3 rings (SSSR count). The standard InChI is InChI=1S/C14H10ClF2N4O2/c1-21-6-10(18-7-21)11(22)8-3-2-4-9(5-8)12-19-13(23-20-12)14(15,16)17/h2-7,11H,1H3. The summed E-state index contributed by atoms with van der Waals surface area (Å²) in [6.07, 6.45) is 1.93. The summed E-state index contributed by atoms with van der Waals surface area (Å²) in [5.41, 5.74) is 1.13. The van der Waals surface area contributed by atoms with Gasteiger partial charge < -0.3 is 9.09 Å². The molecular formula is C14H10ClF2N4O2. The Labute approximate surface area is 134 Å². The maximum atomic E-state index is 12.9. The number of nitrogens with zero attached hydrogens (tertiary/aromatic N) is 4. The molecule has 0 saturated carbocycles. The molecule has 119 valence electrons. The number of hydrogen-bond donors (Lipinski definition) is 0. The number of hydrogen-bond acceptors (Lipinski definition) is 4. The minimum absolute atomic E-state index is 0.0737. The lowest BCUT2D eigenvalue weighted by Gasteiger charge is -2.06. The van der Waals surface area contributed by atoms with Crippen molar-refractivity contribution in [2.24, 2.45) is 7.05 Å². The van der Waals surface area contributed by atoms with E-state index in [2.05, 4.69) is 19.6 Å². The van der Waals surface area contributed by atoms with Gasteiger partial charge in [0.05, 0.1) is 12.0 Å². The molecule has 0 bridgehead atoms. The summed E-state index contributed by atoms with van der Waals surface area (Å²) in [5.74, 6) is -1.07. The second kappa shape index (κ2) is 5.71. The van der Waals surface area contributed by atoms with Crippen molar-refractivity contribution in [3.8, 4) is 11.4 Å². The van der Waals surface area contributed by atoms with E-state index >= 15 is 0 Å². The van der Waals surface area contributed by atoms with E-state index in [0.717, 1.165) is 0 Å². The molecule has 1 radical (unpaired) electrons. The van der Waals surface area contributed by atoms with Gasteiger partial charge in [0.1, 0.15) is 0 Å². The lowest BCUT2D eigenvalue weighted by molar-refractivity contribution is 0.0551. The average Bonchev–Trinajstić information content (AvgIpc) is 3.15. The molecule has 0 amide bonds. The van der Waals surface area contributed by atoms with Gasteiger partial charge >= 0.3 is 11.3 Å². The highest BCUT2D eigenvalue weighted by Gasteiger charge is 2.35. The molecule has 9 heteroatoms. The van der Waals surface area contributed by atoms with Gasteiger partial charge in [-0.25, -0.2) is 10.1 Å². The molecule has 6 nitrogen and oxygen atoms in total. The van der Waals surface area contributed by atoms with Crippen LogP contribution in [0.15, 0.2) is 41.3 Å². The van der Waals surface area contributed by atoms with Crippen LogP contribution in [0, 0.1) is 0 Å². The third kappa shape index (κ3) is 3.22. The second-order valence-corrected chi connectivity index (χ2v) is 5.37. The van der Waals surface area contributed by atoms with Crippen LogP contribution < -0.4 is 0 Å². The summed E-state index contributed by atoms with van der Waals surface area (Å²) in [5, 5.41) is 12.1. The number of alkyl halides is 3. The Morgan fingerprint density at radius 3 is 2.78 bits per heavy atom. The Bertz CT molecular complexity index is 828. The molecule has 1 unspecified atom stereocenters. The first kappa shape index (κ1) is 15.6. The monoisotopic (exact) mass is 339 g/mol. The van der Waals surface area contributed by atoms with E-state index in [0.29, 0.717) is 16.8 Å². The third-order valence-corrected chi connectivity index (χ3v) is 3.27. The lowest BCUT2D eigenvalue weighted by atomic mass is 10.0. The van der Waals surface area contributed by atoms with Crippen LogP contribution in [0.4, 0.5) is 8.78 Å². The highest BCUT2D eigenvalue weighted by Crippen LogP contribution is 2.32. The Morgan fingerprint density at radius 2 is 2.17 bits per heavy atom. The molecule has 2 heterocycles. The van der Waals surface area contributed by atoms with E-state index in [1.807, 2.05) is 0 Å². The molecule has 0 aliphatic carbocycles. The summed E-state index contributed by atoms with van der Waals surface area (Å²) < 4.78 is 31.9. The van der Waals surface area contributed by atoms with Crippen molar-refractivity contribution >= 4 is 11.6 Å². The van der Waals surface area contributed by atoms with Gasteiger partial charge in [-0.2, -0.15) is 13.8 Å². The minimum Gasteiger partial charge on any atom is -0.340 e. The summed E-state index contributed by atoms with van der Waals surface area (Å²) in [7, 11) is 1.76. The zero-order valence-corrected chi connectivity index (χ0v) is 12.5. The van der Waals surface area contributed by atoms with E-state index in [1.165, 1.54) is 12.4 Å². The van der Waals surface area contributed by atoms with E-state index in [1.54, 1.807) is 36.0 Å². The van der Waals surface area contributed by atoms with Crippen LogP contribution in [0.1, 0.15) is 23.3 Å². The van der Waals surface area contributed by atoms with Crippen molar-refractivity contribution < 1.29 is 18.4 Å². The predicted molar refractivity (Wildman–Crippen MR) is 75.2 cm³/mol. The molecule has 1 aromatic carbocycles. The number of imidazole rings is 1. The Hall–Kier alpha value is -2.32. The molecule has 2 aromatic heterocycles. The predicted octanol–water partition coefficient (Wildman–Crippen LogP) is 3.28. The first-order valence-corrected chi connectivity index (χ1v) is 6.87. The maximum Gasteiger partial charge on any atom is 0.400 e. The first-order valence-electron chi connectivity index (χ1n) is 6.49. The van der Waals surface area contributed by atoms with Crippen molar-refractivity contribution in [2.75, 3.05) is 0 Å². The summed E-state index contributed by atoms with van der Waals surface area (Å²) in [6.45, 7) is 0. The van der Waals surface area contributed by atoms with Crippen LogP contribution in [-0.2, 0) is 17.5 Å². The van der Waals surface area contributed by atoms with E-state index in [-0.39, 0.29) is 5.82 Å². The van der Waals surface area contributed by atoms with Gasteiger partial charge in [0.15, 0.2) is 6.10 Å². The minimum atomic E-state index is -3.74. The fraction of sp³-hybridized carbons (Fsp3) is 0.214. The summed E-state index contributed by atoms with van der Waals surface area (Å²) in [6, 6.07) is 6.31. The Balaban J connectivity index is 1.92. The fourth-order valence-corrected chi connectivity index (χ4v) is 2.11. The molecule has 0 fully saturated rings. The zero-order chi connectivity index (χ0) is 16.6. The van der Waals surface area contributed by atoms with Crippen molar-refractivity contribution in [3.05, 3.63) is 53.9 Å². The van der Waals surface area contributed by atoms with Crippen molar-refractivity contribution in [2.45, 2.75) is 11.5 Å². The highest BCUT2D eigenvalue weighted by atomic mass is 35.5. The largest absolute Gasteiger partial charge is 0.400 e. The fourth-order valence-electron chi connectivity index (χ4n) is 2.04. The number of aromatic nitrogens is 4. The van der Waals surface area contributed by atoms with Crippen LogP contribution in [0.25, 0.3) is 11.4 Å². The van der Waals surface area contributed by atoms with E-state index in [4.69, 9.17) is 11.6 Å². The quantitative estimate of drug-likeness (QED) is 0.683. The van der Waals surface area contributed by atoms with Crippen LogP contribution >= 0.6 is 11.6 Å². The van der Waals surface area contributed by atoms with Crippen LogP contribution in [-0.4, -0.2) is 19.7 Å². The molecule has 0 spiro atoms. The molecule has 3 aromatic rings. The lowest BCUT2D eigenvalue weighted by Crippen LogP contribution is -2.03. The number of rotatable bonds is 4. The van der Waals surface area contributed by atoms with Gasteiger partial charge in [-0.3, -0.25) is 0 Å². The van der Waals surface area contributed by atoms with Gasteiger partial charge in [-0.15, -0.1) is 0 Å². The van der Waals surface area contributed by atoms with Gasteiger partial charge in [-0.1, -0.05) is 23.4 Å². The number of halogens is 3. The Morgan fingerprint density at radius 1 is 1.39 bits per heavy atom. The highest BCUT2D eigenvalue weighted by molar-refractivity contribution is 6.21. The van der Waals surface area contributed by atoms with Crippen molar-refractivity contribution in [1.29, 1.82) is 0 Å². The smallest absolute Gasteiger partial charge is 0.340 e. The van der Waals surface area contributed by atoms with E-state index < -0.39 is 17.4 Å². The van der Waals surface area contributed by atoms with E-state index in [9.17, 15) is 13.9 Å². The summed E-state index contributed by atoms with van der Waals surface area (Å²) >= 11 is 4.83. The Kier molecular flexibility index (Phi) is 3.87. The van der Waals surface area contributed by atoms with Crippen LogP contribution in [0.2, 0.25) is 0 Å². The van der Waals surface area contributed by atoms with Gasteiger partial charge in [0.2, 0.25) is 5.82 Å². The second-order valence-electron chi connectivity index (χ2n) is 4.89. The van der Waals surface area contributed by atoms with Gasteiger partial charge in [0.25, 0.3) is 0 Å². The topological polar surface area (TPSA) is 76.6 Å². The van der Waals surface area contributed by atoms with Crippen LogP contribution in [0.5, 0.6) is 0 Å². The molecule has 23 heavy (non-hydrogen) atoms. The van der Waals surface area contributed by atoms with Crippen LogP contribution in [0.3, 0.4) is 0 Å². The number of aryl methyl sites for hydroxylation is 1. The molecule has 0 saturated heterocycles. The normalized spacial score (nSPS) is 13.3. The summed E-state index contributed by atoms with van der Waals surface area (Å²) in [4.78, 5) is 7.56. The van der Waals surface area contributed by atoms with Gasteiger partial charge in [-0.05, 0) is 23.2 Å². The van der Waals surface area contributed by atoms with Crippen molar-refractivity contribution in [3.63, 3.8) is 0 Å². The zero-order valence-electron chi connectivity index (χ0n) is 11.8. The molecular weight excluding hydrogens is 330 g/mol. The molecule has 0 aliphatic rings. The third-order valence-electron chi connectivity index (χ3n) is 3.11. The SMILES string of the molecule is Cn1cnc(C([O])c2cccc(-c3noc(C(F)(F)Cl)n3)c2)c1. The van der Waals surface area contributed by atoms with Crippen molar-refractivity contribution in [1.82, 2.24) is 19.7 Å².